The van der Waals surface area contributed by atoms with Crippen LogP contribution in [0.15, 0.2) is 11.6 Å². The lowest BCUT2D eigenvalue weighted by Crippen LogP contribution is -2.51. The van der Waals surface area contributed by atoms with E-state index in [1.807, 2.05) is 0 Å². The molecule has 0 N–H and O–H groups in total. The van der Waals surface area contributed by atoms with Gasteiger partial charge in [0.2, 0.25) is 0 Å². The standard InChI is InChI=1S/C29H42O4/c1-17(30)32-21-10-12-28(2)20(16-21)6-7-22-23-8-9-25(29(23,3)13-11-24(22)28)27(31)33-26-15-18-4-5-19(26)14-18/h6,18-19,21-26H,4-5,7-16H2,1-3H3/t18-,19-,21+,22+,23+,24+,25-,26-,28+,29+/m1/s1. The fourth-order valence-corrected chi connectivity index (χ4v) is 9.91. The number of fused-ring (bicyclic) bond motifs is 7. The third-order valence-electron chi connectivity index (χ3n) is 11.6. The molecule has 4 nitrogen and oxygen atoms in total. The molecule has 0 amide bonds. The number of carbonyl (C=O) groups excluding carboxylic acids is 2. The Kier molecular flexibility index (Phi) is 5.27. The van der Waals surface area contributed by atoms with Gasteiger partial charge in [0.25, 0.3) is 0 Å². The Morgan fingerprint density at radius 2 is 1.79 bits per heavy atom. The van der Waals surface area contributed by atoms with Crippen LogP contribution in [0.1, 0.15) is 97.8 Å². The maximum atomic E-state index is 13.4. The van der Waals surface area contributed by atoms with Crippen molar-refractivity contribution in [1.82, 2.24) is 0 Å². The molecule has 0 aromatic rings. The molecule has 6 aliphatic carbocycles. The minimum Gasteiger partial charge on any atom is -0.462 e. The maximum Gasteiger partial charge on any atom is 0.309 e. The fraction of sp³-hybridized carbons (Fsp3) is 0.862. The second-order valence-electron chi connectivity index (χ2n) is 13.1. The van der Waals surface area contributed by atoms with Crippen molar-refractivity contribution in [2.45, 2.75) is 110 Å². The Morgan fingerprint density at radius 1 is 0.939 bits per heavy atom. The van der Waals surface area contributed by atoms with Crippen LogP contribution >= 0.6 is 0 Å². The van der Waals surface area contributed by atoms with Crippen LogP contribution in [0.25, 0.3) is 0 Å². The molecule has 0 unspecified atom stereocenters. The van der Waals surface area contributed by atoms with Gasteiger partial charge in [-0.15, -0.1) is 0 Å². The van der Waals surface area contributed by atoms with E-state index in [0.29, 0.717) is 23.7 Å². The molecular formula is C29H42O4. The van der Waals surface area contributed by atoms with Crippen molar-refractivity contribution in [1.29, 1.82) is 0 Å². The Balaban J connectivity index is 1.17. The molecule has 0 aliphatic heterocycles. The van der Waals surface area contributed by atoms with Crippen molar-refractivity contribution < 1.29 is 19.1 Å². The van der Waals surface area contributed by atoms with Crippen LogP contribution in [0.3, 0.4) is 0 Å². The third kappa shape index (κ3) is 3.44. The SMILES string of the molecule is CC(=O)O[C@H]1CC[C@@]2(C)C(=CC[C@H]3[C@@H]4CC[C@H](C(=O)O[C@@H]5C[C@@H]6CC[C@@H]5C6)[C@@]4(C)CC[C@@H]32)C1. The number of rotatable bonds is 3. The van der Waals surface area contributed by atoms with Gasteiger partial charge in [-0.05, 0) is 111 Å². The van der Waals surface area contributed by atoms with Crippen LogP contribution in [0.4, 0.5) is 0 Å². The molecule has 182 valence electrons. The van der Waals surface area contributed by atoms with Crippen LogP contribution in [-0.2, 0) is 19.1 Å². The summed E-state index contributed by atoms with van der Waals surface area (Å²) in [6.45, 7) is 6.44. The minimum atomic E-state index is -0.152. The van der Waals surface area contributed by atoms with Crippen molar-refractivity contribution in [3.8, 4) is 0 Å². The highest BCUT2D eigenvalue weighted by atomic mass is 16.5. The average molecular weight is 455 g/mol. The number of carbonyl (C=O) groups is 2. The Morgan fingerprint density at radius 3 is 2.52 bits per heavy atom. The van der Waals surface area contributed by atoms with E-state index in [2.05, 4.69) is 19.9 Å². The monoisotopic (exact) mass is 454 g/mol. The predicted octanol–water partition coefficient (Wildman–Crippen LogP) is 6.23. The number of ether oxygens (including phenoxy) is 2. The molecule has 4 heteroatoms. The zero-order chi connectivity index (χ0) is 23.0. The normalized spacial score (nSPS) is 50.1. The minimum absolute atomic E-state index is 0.0590. The van der Waals surface area contributed by atoms with Gasteiger partial charge in [0.1, 0.15) is 12.2 Å². The summed E-state index contributed by atoms with van der Waals surface area (Å²) in [6, 6.07) is 0. The second-order valence-corrected chi connectivity index (χ2v) is 13.1. The first kappa shape index (κ1) is 22.2. The first-order valence-corrected chi connectivity index (χ1v) is 13.8. The molecule has 0 heterocycles. The molecular weight excluding hydrogens is 412 g/mol. The van der Waals surface area contributed by atoms with Crippen molar-refractivity contribution in [3.63, 3.8) is 0 Å². The van der Waals surface area contributed by atoms with Gasteiger partial charge in [0.05, 0.1) is 5.92 Å². The summed E-state index contributed by atoms with van der Waals surface area (Å²) >= 11 is 0. The summed E-state index contributed by atoms with van der Waals surface area (Å²) in [5, 5.41) is 0. The van der Waals surface area contributed by atoms with E-state index in [0.717, 1.165) is 50.9 Å². The topological polar surface area (TPSA) is 52.6 Å². The van der Waals surface area contributed by atoms with Crippen molar-refractivity contribution in [2.75, 3.05) is 0 Å². The highest BCUT2D eigenvalue weighted by Gasteiger charge is 2.60. The van der Waals surface area contributed by atoms with Crippen LogP contribution in [0.5, 0.6) is 0 Å². The summed E-state index contributed by atoms with van der Waals surface area (Å²) in [5.74, 6) is 3.56. The quantitative estimate of drug-likeness (QED) is 0.375. The van der Waals surface area contributed by atoms with Gasteiger partial charge in [-0.1, -0.05) is 25.5 Å². The number of hydrogen-bond donors (Lipinski definition) is 0. The zero-order valence-electron chi connectivity index (χ0n) is 20.8. The molecule has 0 aromatic carbocycles. The van der Waals surface area contributed by atoms with E-state index in [9.17, 15) is 9.59 Å². The second kappa shape index (κ2) is 7.85. The van der Waals surface area contributed by atoms with Gasteiger partial charge < -0.3 is 9.47 Å². The highest BCUT2D eigenvalue weighted by molar-refractivity contribution is 5.74. The summed E-state index contributed by atoms with van der Waals surface area (Å²) in [4.78, 5) is 24.9. The largest absolute Gasteiger partial charge is 0.462 e. The molecule has 10 atom stereocenters. The Hall–Kier alpha value is -1.32. The van der Waals surface area contributed by atoms with Crippen LogP contribution in [0.2, 0.25) is 0 Å². The zero-order valence-corrected chi connectivity index (χ0v) is 20.8. The van der Waals surface area contributed by atoms with Crippen LogP contribution in [-0.4, -0.2) is 24.1 Å². The fourth-order valence-electron chi connectivity index (χ4n) is 9.91. The lowest BCUT2D eigenvalue weighted by molar-refractivity contribution is -0.164. The van der Waals surface area contributed by atoms with E-state index >= 15 is 0 Å². The maximum absolute atomic E-state index is 13.4. The molecule has 5 saturated carbocycles. The summed E-state index contributed by atoms with van der Waals surface area (Å²) in [5.41, 5.74) is 1.88. The first-order chi connectivity index (χ1) is 15.8. The molecule has 0 spiro atoms. The number of allylic oxidation sites excluding steroid dienone is 1. The summed E-state index contributed by atoms with van der Waals surface area (Å²) < 4.78 is 11.8. The molecule has 6 rings (SSSR count). The molecule has 0 saturated heterocycles. The predicted molar refractivity (Wildman–Crippen MR) is 126 cm³/mol. The lowest BCUT2D eigenvalue weighted by atomic mass is 9.47. The number of hydrogen-bond acceptors (Lipinski definition) is 4. The van der Waals surface area contributed by atoms with E-state index in [-0.39, 0.29) is 40.9 Å². The van der Waals surface area contributed by atoms with E-state index in [1.54, 1.807) is 0 Å². The number of esters is 2. The highest BCUT2D eigenvalue weighted by Crippen LogP contribution is 2.66. The molecule has 6 aliphatic rings. The molecule has 2 bridgehead atoms. The van der Waals surface area contributed by atoms with Crippen molar-refractivity contribution in [3.05, 3.63) is 11.6 Å². The van der Waals surface area contributed by atoms with Crippen LogP contribution < -0.4 is 0 Å². The smallest absolute Gasteiger partial charge is 0.309 e. The van der Waals surface area contributed by atoms with E-state index in [1.165, 1.54) is 44.6 Å². The summed E-state index contributed by atoms with van der Waals surface area (Å²) in [7, 11) is 0. The first-order valence-electron chi connectivity index (χ1n) is 13.8. The molecule has 0 aromatic heterocycles. The average Bonchev–Trinajstić information content (AvgIpc) is 3.47. The van der Waals surface area contributed by atoms with Gasteiger partial charge >= 0.3 is 11.9 Å². The van der Waals surface area contributed by atoms with E-state index in [4.69, 9.17) is 9.47 Å². The van der Waals surface area contributed by atoms with Crippen molar-refractivity contribution >= 4 is 11.9 Å². The Labute approximate surface area is 199 Å². The van der Waals surface area contributed by atoms with E-state index < -0.39 is 0 Å². The Bertz CT molecular complexity index is 862. The molecule has 33 heavy (non-hydrogen) atoms. The molecule has 0 radical (unpaired) electrons. The molecule has 5 fully saturated rings. The third-order valence-corrected chi connectivity index (χ3v) is 11.6. The van der Waals surface area contributed by atoms with Gasteiger partial charge in [0.15, 0.2) is 0 Å². The van der Waals surface area contributed by atoms with Gasteiger partial charge in [-0.3, -0.25) is 9.59 Å². The van der Waals surface area contributed by atoms with Crippen LogP contribution in [0, 0.1) is 46.3 Å². The van der Waals surface area contributed by atoms with Gasteiger partial charge in [-0.25, -0.2) is 0 Å². The summed E-state index contributed by atoms with van der Waals surface area (Å²) in [6.07, 6.45) is 16.5. The van der Waals surface area contributed by atoms with Gasteiger partial charge in [-0.2, -0.15) is 0 Å². The van der Waals surface area contributed by atoms with Gasteiger partial charge in [0, 0.05) is 13.3 Å². The lowest BCUT2D eigenvalue weighted by Gasteiger charge is -2.57. The van der Waals surface area contributed by atoms with Crippen molar-refractivity contribution in [2.24, 2.45) is 46.3 Å².